The van der Waals surface area contributed by atoms with Crippen molar-refractivity contribution >= 4 is 15.9 Å². The van der Waals surface area contributed by atoms with Crippen molar-refractivity contribution in [2.75, 3.05) is 6.54 Å². The number of aryl methyl sites for hydroxylation is 1. The number of carbonyl (C=O) groups is 1. The van der Waals surface area contributed by atoms with E-state index in [0.29, 0.717) is 12.1 Å². The zero-order chi connectivity index (χ0) is 17.9. The van der Waals surface area contributed by atoms with E-state index >= 15 is 0 Å². The first-order chi connectivity index (χ1) is 12.0. The smallest absolute Gasteiger partial charge is 0.251 e. The molecule has 0 spiro atoms. The van der Waals surface area contributed by atoms with Gasteiger partial charge in [0, 0.05) is 12.1 Å². The lowest BCUT2D eigenvalue weighted by Gasteiger charge is -2.26. The van der Waals surface area contributed by atoms with Gasteiger partial charge < -0.3 is 5.32 Å². The van der Waals surface area contributed by atoms with Crippen molar-refractivity contribution in [3.63, 3.8) is 0 Å². The van der Waals surface area contributed by atoms with Crippen LogP contribution in [0.1, 0.15) is 47.3 Å². The van der Waals surface area contributed by atoms with E-state index in [-0.39, 0.29) is 16.8 Å². The molecule has 0 fully saturated rings. The Balaban J connectivity index is 1.75. The third kappa shape index (κ3) is 3.91. The van der Waals surface area contributed by atoms with E-state index in [2.05, 4.69) is 22.2 Å². The lowest BCUT2D eigenvalue weighted by molar-refractivity contribution is 0.0932. The zero-order valence-corrected chi connectivity index (χ0v) is 15.0. The number of benzene rings is 2. The second kappa shape index (κ2) is 7.37. The molecule has 0 radical (unpaired) electrons. The van der Waals surface area contributed by atoms with E-state index in [9.17, 15) is 13.2 Å². The molecule has 0 unspecified atom stereocenters. The molecule has 0 saturated carbocycles. The number of hydrogen-bond donors (Lipinski definition) is 2. The van der Waals surface area contributed by atoms with E-state index in [1.54, 1.807) is 19.1 Å². The van der Waals surface area contributed by atoms with Crippen LogP contribution in [-0.2, 0) is 16.4 Å². The Bertz CT molecular complexity index is 860. The highest BCUT2D eigenvalue weighted by Crippen LogP contribution is 2.29. The quantitative estimate of drug-likeness (QED) is 0.863. The average Bonchev–Trinajstić information content (AvgIpc) is 2.62. The first kappa shape index (κ1) is 17.6. The van der Waals surface area contributed by atoms with Crippen LogP contribution in [0.5, 0.6) is 0 Å². The summed E-state index contributed by atoms with van der Waals surface area (Å²) in [6.07, 6.45) is 3.00. The van der Waals surface area contributed by atoms with Crippen LogP contribution in [-0.4, -0.2) is 20.9 Å². The topological polar surface area (TPSA) is 75.3 Å². The summed E-state index contributed by atoms with van der Waals surface area (Å²) in [5.41, 5.74) is 2.91. The summed E-state index contributed by atoms with van der Waals surface area (Å²) in [6.45, 7) is 2.05. The number of fused-ring (bicyclic) bond motifs is 1. The van der Waals surface area contributed by atoms with Gasteiger partial charge >= 0.3 is 0 Å². The first-order valence-electron chi connectivity index (χ1n) is 8.49. The van der Waals surface area contributed by atoms with Gasteiger partial charge in [-0.15, -0.1) is 0 Å². The Hall–Kier alpha value is -2.18. The van der Waals surface area contributed by atoms with E-state index in [0.717, 1.165) is 19.3 Å². The fourth-order valence-corrected chi connectivity index (χ4v) is 4.25. The van der Waals surface area contributed by atoms with Crippen molar-refractivity contribution in [2.24, 2.45) is 0 Å². The van der Waals surface area contributed by atoms with Crippen LogP contribution < -0.4 is 10.0 Å². The highest BCUT2D eigenvalue weighted by molar-refractivity contribution is 7.89. The molecule has 25 heavy (non-hydrogen) atoms. The molecular formula is C19H22N2O3S. The molecular weight excluding hydrogens is 336 g/mol. The van der Waals surface area contributed by atoms with Gasteiger partial charge in [0.2, 0.25) is 10.0 Å². The molecule has 132 valence electrons. The van der Waals surface area contributed by atoms with E-state index in [1.807, 2.05) is 12.1 Å². The van der Waals surface area contributed by atoms with Gasteiger partial charge in [0.15, 0.2) is 0 Å². The first-order valence-corrected chi connectivity index (χ1v) is 9.98. The van der Waals surface area contributed by atoms with E-state index in [4.69, 9.17) is 0 Å². The molecule has 1 aliphatic rings. The molecule has 0 heterocycles. The van der Waals surface area contributed by atoms with Crippen LogP contribution in [0.25, 0.3) is 0 Å². The normalized spacial score (nSPS) is 16.9. The van der Waals surface area contributed by atoms with Crippen molar-refractivity contribution in [2.45, 2.75) is 37.1 Å². The Morgan fingerprint density at radius 3 is 2.56 bits per heavy atom. The van der Waals surface area contributed by atoms with Gasteiger partial charge in [-0.05, 0) is 54.7 Å². The Labute approximate surface area is 148 Å². The van der Waals surface area contributed by atoms with Gasteiger partial charge in [-0.2, -0.15) is 0 Å². The molecule has 1 aliphatic carbocycles. The van der Waals surface area contributed by atoms with Gasteiger partial charge in [0.1, 0.15) is 0 Å². The molecule has 0 aromatic heterocycles. The standard InChI is InChI=1S/C19H22N2O3S/c1-2-20-25(23,24)16-12-10-15(11-13-16)19(22)21-18-9-5-7-14-6-3-4-8-17(14)18/h3-4,6,8,10-13,18,20H,2,5,7,9H2,1H3,(H,21,22)/t18-/m0/s1. The number of rotatable bonds is 5. The lowest BCUT2D eigenvalue weighted by atomic mass is 9.87. The third-order valence-corrected chi connectivity index (χ3v) is 6.00. The maximum absolute atomic E-state index is 12.5. The summed E-state index contributed by atoms with van der Waals surface area (Å²) in [5.74, 6) is -0.186. The summed E-state index contributed by atoms with van der Waals surface area (Å²) in [4.78, 5) is 12.7. The number of sulfonamides is 1. The van der Waals surface area contributed by atoms with Gasteiger partial charge in [-0.25, -0.2) is 13.1 Å². The molecule has 2 aromatic rings. The molecule has 2 N–H and O–H groups in total. The van der Waals surface area contributed by atoms with Crippen LogP contribution in [0.15, 0.2) is 53.4 Å². The molecule has 5 nitrogen and oxygen atoms in total. The molecule has 0 saturated heterocycles. The number of amides is 1. The van der Waals surface area contributed by atoms with Crippen molar-refractivity contribution in [3.05, 3.63) is 65.2 Å². The SMILES string of the molecule is CCNS(=O)(=O)c1ccc(C(=O)N[C@H]2CCCc3ccccc32)cc1. The lowest BCUT2D eigenvalue weighted by Crippen LogP contribution is -2.31. The Morgan fingerprint density at radius 1 is 1.12 bits per heavy atom. The van der Waals surface area contributed by atoms with E-state index in [1.165, 1.54) is 23.3 Å². The molecule has 0 aliphatic heterocycles. The van der Waals surface area contributed by atoms with Crippen LogP contribution in [0.4, 0.5) is 0 Å². The number of carbonyl (C=O) groups excluding carboxylic acids is 1. The maximum Gasteiger partial charge on any atom is 0.251 e. The monoisotopic (exact) mass is 358 g/mol. The second-order valence-corrected chi connectivity index (χ2v) is 7.91. The van der Waals surface area contributed by atoms with Crippen LogP contribution in [0.2, 0.25) is 0 Å². The minimum Gasteiger partial charge on any atom is -0.345 e. The summed E-state index contributed by atoms with van der Waals surface area (Å²) >= 11 is 0. The van der Waals surface area contributed by atoms with E-state index < -0.39 is 10.0 Å². The molecule has 0 bridgehead atoms. The van der Waals surface area contributed by atoms with Crippen molar-refractivity contribution in [1.82, 2.24) is 10.0 Å². The van der Waals surface area contributed by atoms with Crippen molar-refractivity contribution in [3.8, 4) is 0 Å². The molecule has 3 rings (SSSR count). The Kier molecular flexibility index (Phi) is 5.20. The van der Waals surface area contributed by atoms with Crippen molar-refractivity contribution in [1.29, 1.82) is 0 Å². The molecule has 1 atom stereocenters. The molecule has 2 aromatic carbocycles. The summed E-state index contributed by atoms with van der Waals surface area (Å²) < 4.78 is 26.3. The Morgan fingerprint density at radius 2 is 1.84 bits per heavy atom. The summed E-state index contributed by atoms with van der Waals surface area (Å²) in [6, 6.07) is 14.2. The maximum atomic E-state index is 12.5. The fourth-order valence-electron chi connectivity index (χ4n) is 3.20. The summed E-state index contributed by atoms with van der Waals surface area (Å²) in [5, 5.41) is 3.07. The second-order valence-electron chi connectivity index (χ2n) is 6.14. The highest BCUT2D eigenvalue weighted by atomic mass is 32.2. The predicted octanol–water partition coefficient (Wildman–Crippen LogP) is 2.79. The number of hydrogen-bond acceptors (Lipinski definition) is 3. The van der Waals surface area contributed by atoms with Gasteiger partial charge in [0.05, 0.1) is 10.9 Å². The largest absolute Gasteiger partial charge is 0.345 e. The van der Waals surface area contributed by atoms with Gasteiger partial charge in [0.25, 0.3) is 5.91 Å². The minimum atomic E-state index is -3.50. The van der Waals surface area contributed by atoms with Gasteiger partial charge in [-0.3, -0.25) is 4.79 Å². The predicted molar refractivity (Wildman–Crippen MR) is 96.9 cm³/mol. The highest BCUT2D eigenvalue weighted by Gasteiger charge is 2.22. The number of nitrogens with one attached hydrogen (secondary N) is 2. The van der Waals surface area contributed by atoms with Crippen LogP contribution >= 0.6 is 0 Å². The fraction of sp³-hybridized carbons (Fsp3) is 0.316. The summed E-state index contributed by atoms with van der Waals surface area (Å²) in [7, 11) is -3.50. The average molecular weight is 358 g/mol. The molecule has 6 heteroatoms. The van der Waals surface area contributed by atoms with Gasteiger partial charge in [-0.1, -0.05) is 31.2 Å². The zero-order valence-electron chi connectivity index (χ0n) is 14.2. The third-order valence-electron chi connectivity index (χ3n) is 4.44. The minimum absolute atomic E-state index is 0.00242. The van der Waals surface area contributed by atoms with Crippen molar-refractivity contribution < 1.29 is 13.2 Å². The van der Waals surface area contributed by atoms with Crippen LogP contribution in [0.3, 0.4) is 0 Å². The molecule has 1 amide bonds. The van der Waals surface area contributed by atoms with Crippen LogP contribution in [0, 0.1) is 0 Å².